The largest absolute Gasteiger partial charge is 0.489 e. The van der Waals surface area contributed by atoms with Gasteiger partial charge in [0.15, 0.2) is 0 Å². The molecule has 3 amide bonds. The van der Waals surface area contributed by atoms with E-state index in [0.29, 0.717) is 79.0 Å². The molecule has 52 heavy (non-hydrogen) atoms. The number of nitrogens with two attached hydrogens (primary N) is 1. The summed E-state index contributed by atoms with van der Waals surface area (Å²) in [6.45, 7) is 5.74. The second kappa shape index (κ2) is 13.6. The van der Waals surface area contributed by atoms with Gasteiger partial charge in [-0.25, -0.2) is 9.97 Å². The maximum absolute atomic E-state index is 14.0. The summed E-state index contributed by atoms with van der Waals surface area (Å²) in [5.41, 5.74) is 11.3. The van der Waals surface area contributed by atoms with Gasteiger partial charge < -0.3 is 19.6 Å². The molecule has 4 aromatic heterocycles. The van der Waals surface area contributed by atoms with Crippen molar-refractivity contribution >= 4 is 67.6 Å². The molecule has 4 N–H and O–H groups in total. The molecule has 6 aromatic rings. The van der Waals surface area contributed by atoms with Gasteiger partial charge in [-0.15, -0.1) is 0 Å². The van der Waals surface area contributed by atoms with E-state index >= 15 is 0 Å². The van der Waals surface area contributed by atoms with Gasteiger partial charge in [-0.05, 0) is 92.2 Å². The van der Waals surface area contributed by atoms with E-state index < -0.39 is 5.91 Å². The molecule has 0 spiro atoms. The number of nitrogens with zero attached hydrogens (tertiary/aromatic N) is 8. The minimum Gasteiger partial charge on any atom is -0.489 e. The Morgan fingerprint density at radius 3 is 2.71 bits per heavy atom. The van der Waals surface area contributed by atoms with Crippen LogP contribution in [0.2, 0.25) is 0 Å². The van der Waals surface area contributed by atoms with Gasteiger partial charge in [0.05, 0.1) is 29.0 Å². The van der Waals surface area contributed by atoms with Crippen LogP contribution in [0, 0.1) is 6.92 Å². The van der Waals surface area contributed by atoms with Crippen molar-refractivity contribution in [3.8, 4) is 5.75 Å². The predicted molar refractivity (Wildman–Crippen MR) is 198 cm³/mol. The zero-order valence-electron chi connectivity index (χ0n) is 28.9. The average Bonchev–Trinajstić information content (AvgIpc) is 3.89. The van der Waals surface area contributed by atoms with Gasteiger partial charge in [-0.3, -0.25) is 34.4 Å². The number of nitrogens with one attached hydrogen (secondary N) is 2. The van der Waals surface area contributed by atoms with E-state index in [1.807, 2.05) is 41.2 Å². The monoisotopic (exact) mass is 767 g/mol. The fraction of sp³-hybridized carbons (Fsp3) is 0.361. The number of para-hydroxylation sites is 1. The standard InChI is InChI=1S/C36H38BrN11O4/c1-3-46-30-21(18-39-46)9-5-4-6-14-47-27(15-20(2)44-47)33(50)42-36-40-25-16-22(32(38)49)17-28-31(25)48(36)23(19-52-28)10-8-13-45-26-12-7-11-24(37)29(26)41-35(45)43-34(30)51/h7,11-12,15-18,23H,3-6,8-10,13-14,19H2,1-2H3,(H2,38,49)(H,40,42,50)(H,41,43,51)/t23-/m0/s1. The van der Waals surface area contributed by atoms with E-state index in [1.165, 1.54) is 0 Å². The summed E-state index contributed by atoms with van der Waals surface area (Å²) in [6.07, 6.45) is 6.22. The molecule has 0 bridgehead atoms. The van der Waals surface area contributed by atoms with Crippen LogP contribution in [0.5, 0.6) is 5.75 Å². The number of hydrogen-bond acceptors (Lipinski definition) is 8. The number of aryl methyl sites for hydroxylation is 5. The molecule has 0 radical (unpaired) electrons. The first-order valence-electron chi connectivity index (χ1n) is 17.5. The third kappa shape index (κ3) is 5.99. The molecular formula is C36H38BrN11O4. The van der Waals surface area contributed by atoms with E-state index in [2.05, 4.69) is 36.8 Å². The molecule has 2 aliphatic rings. The molecule has 0 saturated heterocycles. The first-order valence-corrected chi connectivity index (χ1v) is 18.3. The molecule has 0 saturated carbocycles. The molecule has 0 aliphatic carbocycles. The van der Waals surface area contributed by atoms with Crippen LogP contribution >= 0.6 is 15.9 Å². The van der Waals surface area contributed by atoms with Crippen LogP contribution in [-0.2, 0) is 26.1 Å². The predicted octanol–water partition coefficient (Wildman–Crippen LogP) is 5.61. The number of anilines is 2. The van der Waals surface area contributed by atoms with Crippen LogP contribution in [0.15, 0.2) is 47.1 Å². The lowest BCUT2D eigenvalue weighted by Gasteiger charge is -2.27. The average molecular weight is 769 g/mol. The topological polar surface area (TPSA) is 182 Å². The number of carbonyl (C=O) groups is 3. The molecule has 0 fully saturated rings. The van der Waals surface area contributed by atoms with Crippen molar-refractivity contribution in [2.45, 2.75) is 78.0 Å². The van der Waals surface area contributed by atoms with Gasteiger partial charge in [-0.2, -0.15) is 10.2 Å². The number of ether oxygens (including phenoxy) is 1. The Bertz CT molecular complexity index is 2390. The minimum absolute atomic E-state index is 0.214. The van der Waals surface area contributed by atoms with Crippen LogP contribution in [-0.4, -0.2) is 63.0 Å². The van der Waals surface area contributed by atoms with Crippen LogP contribution in [0.3, 0.4) is 0 Å². The highest BCUT2D eigenvalue weighted by atomic mass is 79.9. The third-order valence-electron chi connectivity index (χ3n) is 9.81. The molecule has 15 nitrogen and oxygen atoms in total. The number of rotatable bonds is 2. The molecule has 2 aliphatic heterocycles. The Morgan fingerprint density at radius 1 is 1.04 bits per heavy atom. The fourth-order valence-electron chi connectivity index (χ4n) is 7.37. The number of primary amides is 1. The second-order valence-electron chi connectivity index (χ2n) is 13.3. The summed E-state index contributed by atoms with van der Waals surface area (Å²) in [7, 11) is 0. The Morgan fingerprint density at radius 2 is 1.88 bits per heavy atom. The molecule has 16 heteroatoms. The van der Waals surface area contributed by atoms with Crippen molar-refractivity contribution in [1.82, 2.24) is 38.7 Å². The lowest BCUT2D eigenvalue weighted by atomic mass is 10.1. The maximum Gasteiger partial charge on any atom is 0.276 e. The van der Waals surface area contributed by atoms with E-state index in [0.717, 1.165) is 46.0 Å². The summed E-state index contributed by atoms with van der Waals surface area (Å²) >= 11 is 3.64. The molecule has 0 unspecified atom stereocenters. The summed E-state index contributed by atoms with van der Waals surface area (Å²) < 4.78 is 14.5. The first kappa shape index (κ1) is 33.6. The van der Waals surface area contributed by atoms with E-state index in [9.17, 15) is 14.4 Å². The molecule has 6 heterocycles. The van der Waals surface area contributed by atoms with Gasteiger partial charge in [0.2, 0.25) is 17.8 Å². The molecule has 268 valence electrons. The van der Waals surface area contributed by atoms with Crippen molar-refractivity contribution in [3.05, 3.63) is 75.3 Å². The molecule has 8 rings (SSSR count). The van der Waals surface area contributed by atoms with Crippen LogP contribution in [0.25, 0.3) is 22.1 Å². The normalized spacial score (nSPS) is 17.0. The fourth-order valence-corrected chi connectivity index (χ4v) is 7.82. The number of fused-ring (bicyclic) bond motifs is 5. The van der Waals surface area contributed by atoms with Crippen LogP contribution in [0.1, 0.15) is 87.7 Å². The van der Waals surface area contributed by atoms with Gasteiger partial charge in [0.25, 0.3) is 11.8 Å². The SMILES string of the molecule is CCn1ncc2c1C(=O)Nc1nc3c(Br)cccc3n1CCC[C@H]1COc3cc(C(N)=O)cc4nc(n1c34)NC(=O)c1cc(C)nn1CCCCC2. The number of benzene rings is 2. The van der Waals surface area contributed by atoms with Crippen molar-refractivity contribution in [1.29, 1.82) is 0 Å². The number of carbonyl (C=O) groups excluding carboxylic acids is 3. The van der Waals surface area contributed by atoms with E-state index in [1.54, 1.807) is 33.8 Å². The van der Waals surface area contributed by atoms with E-state index in [-0.39, 0.29) is 30.0 Å². The Kier molecular flexibility index (Phi) is 8.77. The zero-order valence-corrected chi connectivity index (χ0v) is 30.4. The van der Waals surface area contributed by atoms with Gasteiger partial charge in [0, 0.05) is 35.2 Å². The van der Waals surface area contributed by atoms with Gasteiger partial charge in [-0.1, -0.05) is 12.5 Å². The Hall–Kier alpha value is -5.51. The highest BCUT2D eigenvalue weighted by Crippen LogP contribution is 2.39. The molecule has 1 atom stereocenters. The highest BCUT2D eigenvalue weighted by molar-refractivity contribution is 9.10. The summed E-state index contributed by atoms with van der Waals surface area (Å²) in [6, 6.07) is 10.7. The Balaban J connectivity index is 1.20. The van der Waals surface area contributed by atoms with E-state index in [4.69, 9.17) is 20.4 Å². The summed E-state index contributed by atoms with van der Waals surface area (Å²) in [5, 5.41) is 15.3. The van der Waals surface area contributed by atoms with Crippen molar-refractivity contribution < 1.29 is 19.1 Å². The number of aromatic nitrogens is 8. The van der Waals surface area contributed by atoms with Crippen molar-refractivity contribution in [2.75, 3.05) is 17.2 Å². The van der Waals surface area contributed by atoms with Gasteiger partial charge >= 0.3 is 0 Å². The lowest BCUT2D eigenvalue weighted by Crippen LogP contribution is -2.26. The minimum atomic E-state index is -0.597. The first-order chi connectivity index (χ1) is 25.2. The maximum atomic E-state index is 14.0. The number of imidazole rings is 2. The highest BCUT2D eigenvalue weighted by Gasteiger charge is 2.30. The third-order valence-corrected chi connectivity index (χ3v) is 10.5. The summed E-state index contributed by atoms with van der Waals surface area (Å²) in [5.74, 6) is 0.0804. The number of halogens is 1. The van der Waals surface area contributed by atoms with Crippen LogP contribution in [0.4, 0.5) is 11.9 Å². The quantitative estimate of drug-likeness (QED) is 0.203. The smallest absolute Gasteiger partial charge is 0.276 e. The number of hydrogen-bond donors (Lipinski definition) is 3. The number of amides is 3. The van der Waals surface area contributed by atoms with Crippen LogP contribution < -0.4 is 21.1 Å². The Labute approximate surface area is 306 Å². The zero-order chi connectivity index (χ0) is 36.1. The van der Waals surface area contributed by atoms with Gasteiger partial charge in [0.1, 0.15) is 34.8 Å². The lowest BCUT2D eigenvalue weighted by molar-refractivity contribution is 0.0994. The van der Waals surface area contributed by atoms with Crippen molar-refractivity contribution in [3.63, 3.8) is 0 Å². The second-order valence-corrected chi connectivity index (χ2v) is 14.1. The van der Waals surface area contributed by atoms with Crippen molar-refractivity contribution in [2.24, 2.45) is 5.73 Å². The molecular weight excluding hydrogens is 730 g/mol. The molecule has 2 aromatic carbocycles. The summed E-state index contributed by atoms with van der Waals surface area (Å²) in [4.78, 5) is 49.8.